The summed E-state index contributed by atoms with van der Waals surface area (Å²) in [6.07, 6.45) is 48.5. The molecule has 0 rings (SSSR count). The molecule has 2 atom stereocenters. The second kappa shape index (κ2) is 44.3. The van der Waals surface area contributed by atoms with Crippen LogP contribution in [-0.4, -0.2) is 42.8 Å². The topological polar surface area (TPSA) is 108 Å². The predicted molar refractivity (Wildman–Crippen MR) is 240 cm³/mol. The number of hydrogen-bond donors (Lipinski definition) is 1. The highest BCUT2D eigenvalue weighted by molar-refractivity contribution is 7.47. The summed E-state index contributed by atoms with van der Waals surface area (Å²) in [5.41, 5.74) is 0. The largest absolute Gasteiger partial charge is 0.472 e. The Morgan fingerprint density at radius 2 is 0.789 bits per heavy atom. The number of carbonyl (C=O) groups is 2. The smallest absolute Gasteiger partial charge is 0.462 e. The Kier molecular flexibility index (Phi) is 43.4. The van der Waals surface area contributed by atoms with Gasteiger partial charge in [-0.25, -0.2) is 4.57 Å². The van der Waals surface area contributed by atoms with E-state index in [2.05, 4.69) is 26.0 Å². The quantitative estimate of drug-likeness (QED) is 0.0280. The molecular formula is C48H93O8P. The number of carbonyl (C=O) groups excluding carboxylic acids is 2. The van der Waals surface area contributed by atoms with Crippen LogP contribution in [0.25, 0.3) is 0 Å². The van der Waals surface area contributed by atoms with Crippen LogP contribution in [0, 0.1) is 0 Å². The molecular weight excluding hydrogens is 735 g/mol. The standard InChI is InChI=1S/C48H93O8P/c1-4-7-9-11-13-15-17-19-21-22-23-24-25-26-27-28-29-31-32-34-36-38-40-42-47(49)53-44-46(45-55-57(51,52)54-6-3)56-48(50)43-41-39-37-35-33-30-20-18-16-14-12-10-8-5-2/h18,20,46H,4-17,19,21-45H2,1-3H3,(H,51,52)/b20-18-. The minimum atomic E-state index is -4.28. The molecule has 2 unspecified atom stereocenters. The van der Waals surface area contributed by atoms with Crippen molar-refractivity contribution in [1.29, 1.82) is 0 Å². The molecule has 8 nitrogen and oxygen atoms in total. The summed E-state index contributed by atoms with van der Waals surface area (Å²) in [5.74, 6) is -0.793. The fourth-order valence-electron chi connectivity index (χ4n) is 7.21. The van der Waals surface area contributed by atoms with E-state index in [0.29, 0.717) is 12.8 Å². The first-order valence-corrected chi connectivity index (χ1v) is 26.0. The van der Waals surface area contributed by atoms with Gasteiger partial charge >= 0.3 is 19.8 Å². The van der Waals surface area contributed by atoms with Crippen LogP contribution in [0.3, 0.4) is 0 Å². The van der Waals surface area contributed by atoms with E-state index in [-0.39, 0.29) is 25.6 Å². The third kappa shape index (κ3) is 44.2. The fraction of sp³-hybridized carbons (Fsp3) is 0.917. The maximum atomic E-state index is 12.6. The van der Waals surface area contributed by atoms with Crippen molar-refractivity contribution < 1.29 is 37.6 Å². The molecule has 9 heteroatoms. The monoisotopic (exact) mass is 829 g/mol. The van der Waals surface area contributed by atoms with Crippen molar-refractivity contribution in [2.75, 3.05) is 19.8 Å². The molecule has 0 aliphatic carbocycles. The molecule has 0 amide bonds. The van der Waals surface area contributed by atoms with Gasteiger partial charge in [0.15, 0.2) is 6.10 Å². The van der Waals surface area contributed by atoms with E-state index in [1.807, 2.05) is 0 Å². The van der Waals surface area contributed by atoms with Crippen molar-refractivity contribution >= 4 is 19.8 Å². The minimum absolute atomic E-state index is 0.00218. The Labute approximate surface area is 352 Å². The second-order valence-corrected chi connectivity index (χ2v) is 17.9. The van der Waals surface area contributed by atoms with Crippen molar-refractivity contribution in [3.8, 4) is 0 Å². The molecule has 0 saturated carbocycles. The molecule has 0 bridgehead atoms. The molecule has 0 aromatic rings. The van der Waals surface area contributed by atoms with E-state index in [1.165, 1.54) is 167 Å². The number of allylic oxidation sites excluding steroid dienone is 2. The van der Waals surface area contributed by atoms with E-state index in [9.17, 15) is 19.0 Å². The molecule has 0 fully saturated rings. The van der Waals surface area contributed by atoms with Crippen molar-refractivity contribution in [2.45, 2.75) is 264 Å². The summed E-state index contributed by atoms with van der Waals surface area (Å²) < 4.78 is 32.7. The number of phosphoric acid groups is 1. The first-order valence-electron chi connectivity index (χ1n) is 24.5. The Morgan fingerprint density at radius 3 is 1.16 bits per heavy atom. The average Bonchev–Trinajstić information content (AvgIpc) is 3.19. The molecule has 0 heterocycles. The Bertz CT molecular complexity index is 941. The summed E-state index contributed by atoms with van der Waals surface area (Å²) >= 11 is 0. The number of rotatable bonds is 46. The van der Waals surface area contributed by atoms with Gasteiger partial charge in [-0.2, -0.15) is 0 Å². The lowest BCUT2D eigenvalue weighted by atomic mass is 10.0. The first-order chi connectivity index (χ1) is 27.8. The van der Waals surface area contributed by atoms with Crippen molar-refractivity contribution in [3.63, 3.8) is 0 Å². The third-order valence-electron chi connectivity index (χ3n) is 10.8. The lowest BCUT2D eigenvalue weighted by Gasteiger charge is -2.19. The van der Waals surface area contributed by atoms with Crippen molar-refractivity contribution in [2.24, 2.45) is 0 Å². The van der Waals surface area contributed by atoms with Crippen LogP contribution in [0.5, 0.6) is 0 Å². The maximum absolute atomic E-state index is 12.6. The zero-order valence-electron chi connectivity index (χ0n) is 37.8. The summed E-state index contributed by atoms with van der Waals surface area (Å²) in [7, 11) is -4.28. The van der Waals surface area contributed by atoms with Crippen LogP contribution in [0.4, 0.5) is 0 Å². The van der Waals surface area contributed by atoms with Gasteiger partial charge in [0.2, 0.25) is 0 Å². The van der Waals surface area contributed by atoms with Gasteiger partial charge in [-0.3, -0.25) is 18.6 Å². The van der Waals surface area contributed by atoms with Crippen LogP contribution in [0.2, 0.25) is 0 Å². The Balaban J connectivity index is 3.92. The number of phosphoric ester groups is 1. The van der Waals surface area contributed by atoms with E-state index < -0.39 is 26.5 Å². The minimum Gasteiger partial charge on any atom is -0.462 e. The molecule has 0 saturated heterocycles. The average molecular weight is 829 g/mol. The number of esters is 2. The Morgan fingerprint density at radius 1 is 0.456 bits per heavy atom. The predicted octanol–water partition coefficient (Wildman–Crippen LogP) is 15.6. The van der Waals surface area contributed by atoms with Crippen LogP contribution < -0.4 is 0 Å². The molecule has 0 spiro atoms. The van der Waals surface area contributed by atoms with E-state index in [1.54, 1.807) is 6.92 Å². The van der Waals surface area contributed by atoms with E-state index in [0.717, 1.165) is 51.4 Å². The van der Waals surface area contributed by atoms with Gasteiger partial charge in [-0.15, -0.1) is 0 Å². The van der Waals surface area contributed by atoms with Gasteiger partial charge in [-0.1, -0.05) is 212 Å². The number of unbranched alkanes of at least 4 members (excludes halogenated alkanes) is 32. The van der Waals surface area contributed by atoms with E-state index >= 15 is 0 Å². The lowest BCUT2D eigenvalue weighted by molar-refractivity contribution is -0.161. The summed E-state index contributed by atoms with van der Waals surface area (Å²) in [6.45, 7) is 5.50. The zero-order valence-corrected chi connectivity index (χ0v) is 38.7. The van der Waals surface area contributed by atoms with Crippen molar-refractivity contribution in [1.82, 2.24) is 0 Å². The van der Waals surface area contributed by atoms with Gasteiger partial charge < -0.3 is 14.4 Å². The van der Waals surface area contributed by atoms with Gasteiger partial charge in [-0.05, 0) is 45.4 Å². The van der Waals surface area contributed by atoms with Crippen molar-refractivity contribution in [3.05, 3.63) is 12.2 Å². The highest BCUT2D eigenvalue weighted by Crippen LogP contribution is 2.43. The second-order valence-electron chi connectivity index (χ2n) is 16.5. The fourth-order valence-corrected chi connectivity index (χ4v) is 7.97. The highest BCUT2D eigenvalue weighted by atomic mass is 31.2. The maximum Gasteiger partial charge on any atom is 0.472 e. The number of hydrogen-bond acceptors (Lipinski definition) is 7. The van der Waals surface area contributed by atoms with Gasteiger partial charge in [0.25, 0.3) is 0 Å². The molecule has 0 aromatic carbocycles. The molecule has 338 valence electrons. The SMILES string of the molecule is CCCCCCC/C=C\CCCCCCCC(=O)OC(COC(=O)CCCCCCCCCCCCCCCCCCCCCCCCC)COP(=O)(O)OCC. The summed E-state index contributed by atoms with van der Waals surface area (Å²) in [6, 6.07) is 0. The van der Waals surface area contributed by atoms with Gasteiger partial charge in [0, 0.05) is 12.8 Å². The molecule has 0 aromatic heterocycles. The van der Waals surface area contributed by atoms with Gasteiger partial charge in [0.05, 0.1) is 13.2 Å². The van der Waals surface area contributed by atoms with Gasteiger partial charge in [0.1, 0.15) is 6.61 Å². The normalized spacial score (nSPS) is 13.3. The highest BCUT2D eigenvalue weighted by Gasteiger charge is 2.25. The van der Waals surface area contributed by atoms with Crippen LogP contribution in [-0.2, 0) is 32.7 Å². The molecule has 0 aliphatic rings. The Hall–Kier alpha value is -1.21. The summed E-state index contributed by atoms with van der Waals surface area (Å²) in [5, 5.41) is 0. The first kappa shape index (κ1) is 55.8. The molecule has 1 N–H and O–H groups in total. The lowest BCUT2D eigenvalue weighted by Crippen LogP contribution is -2.29. The van der Waals surface area contributed by atoms with Crippen LogP contribution in [0.1, 0.15) is 258 Å². The van der Waals surface area contributed by atoms with Crippen LogP contribution in [0.15, 0.2) is 12.2 Å². The van der Waals surface area contributed by atoms with Crippen LogP contribution >= 0.6 is 7.82 Å². The molecule has 57 heavy (non-hydrogen) atoms. The third-order valence-corrected chi connectivity index (χ3v) is 11.9. The zero-order chi connectivity index (χ0) is 41.8. The number of ether oxygens (including phenoxy) is 2. The molecule has 0 aliphatic heterocycles. The van der Waals surface area contributed by atoms with E-state index in [4.69, 9.17) is 18.5 Å². The molecule has 0 radical (unpaired) electrons. The summed E-state index contributed by atoms with van der Waals surface area (Å²) in [4.78, 5) is 34.8.